The number of rotatable bonds is 1. The van der Waals surface area contributed by atoms with Gasteiger partial charge in [0.2, 0.25) is 0 Å². The lowest BCUT2D eigenvalue weighted by atomic mass is 10.5. The maximum atomic E-state index is 2.80. The SMILES string of the molecule is CPC(C)(C)P. The Morgan fingerprint density at radius 2 is 1.67 bits per heavy atom. The van der Waals surface area contributed by atoms with Gasteiger partial charge in [0.15, 0.2) is 0 Å². The van der Waals surface area contributed by atoms with E-state index in [1.165, 1.54) is 0 Å². The fourth-order valence-electron chi connectivity index (χ4n) is 0. The predicted molar refractivity (Wildman–Crippen MR) is 38.0 cm³/mol. The second-order valence-corrected chi connectivity index (χ2v) is 5.78. The van der Waals surface area contributed by atoms with Crippen molar-refractivity contribution < 1.29 is 0 Å². The van der Waals surface area contributed by atoms with Crippen LogP contribution in [0.25, 0.3) is 0 Å². The molecule has 0 N–H and O–H groups in total. The molecule has 2 heteroatoms. The lowest BCUT2D eigenvalue weighted by Gasteiger charge is -2.12. The summed E-state index contributed by atoms with van der Waals surface area (Å²) in [5.74, 6) is 0. The minimum absolute atomic E-state index is 0.486. The van der Waals surface area contributed by atoms with Gasteiger partial charge in [0.05, 0.1) is 0 Å². The second-order valence-electron chi connectivity index (χ2n) is 1.97. The Morgan fingerprint density at radius 1 is 1.50 bits per heavy atom. The lowest BCUT2D eigenvalue weighted by Crippen LogP contribution is -1.96. The summed E-state index contributed by atoms with van der Waals surface area (Å²) in [6.07, 6.45) is 0. The molecule has 0 aliphatic heterocycles. The largest absolute Gasteiger partial charge is 0.127 e. The number of hydrogen-bond donors (Lipinski definition) is 0. The van der Waals surface area contributed by atoms with E-state index in [1.54, 1.807) is 0 Å². The monoisotopic (exact) mass is 122 g/mol. The Bertz CT molecular complexity index is 35.3. The fraction of sp³-hybridized carbons (Fsp3) is 1.00. The first-order valence-electron chi connectivity index (χ1n) is 2.04. The van der Waals surface area contributed by atoms with E-state index >= 15 is 0 Å². The van der Waals surface area contributed by atoms with E-state index in [4.69, 9.17) is 0 Å². The molecule has 2 unspecified atom stereocenters. The first-order chi connectivity index (χ1) is 2.56. The molecule has 0 saturated carbocycles. The van der Waals surface area contributed by atoms with Crippen molar-refractivity contribution in [2.75, 3.05) is 6.66 Å². The van der Waals surface area contributed by atoms with Gasteiger partial charge >= 0.3 is 0 Å². The van der Waals surface area contributed by atoms with Gasteiger partial charge in [-0.15, -0.1) is 17.8 Å². The molecule has 0 aromatic heterocycles. The Balaban J connectivity index is 3.17. The zero-order chi connectivity index (χ0) is 5.21. The summed E-state index contributed by atoms with van der Waals surface area (Å²) in [5, 5.41) is 0. The van der Waals surface area contributed by atoms with Gasteiger partial charge < -0.3 is 0 Å². The van der Waals surface area contributed by atoms with E-state index in [1.807, 2.05) is 0 Å². The average molecular weight is 122 g/mol. The van der Waals surface area contributed by atoms with Crippen LogP contribution in [0.4, 0.5) is 0 Å². The van der Waals surface area contributed by atoms with Crippen LogP contribution in [0, 0.1) is 0 Å². The fourth-order valence-corrected chi connectivity index (χ4v) is 0. The molecule has 0 fully saturated rings. The molecule has 0 aliphatic rings. The Morgan fingerprint density at radius 3 is 1.67 bits per heavy atom. The minimum atomic E-state index is 0.486. The van der Waals surface area contributed by atoms with Crippen LogP contribution < -0.4 is 0 Å². The molecule has 0 aromatic rings. The molecule has 6 heavy (non-hydrogen) atoms. The molecule has 0 radical (unpaired) electrons. The van der Waals surface area contributed by atoms with Gasteiger partial charge in [0.25, 0.3) is 0 Å². The van der Waals surface area contributed by atoms with Crippen LogP contribution in [0.2, 0.25) is 0 Å². The van der Waals surface area contributed by atoms with Gasteiger partial charge in [0, 0.05) is 0 Å². The molecule has 0 rings (SSSR count). The van der Waals surface area contributed by atoms with E-state index in [0.29, 0.717) is 4.90 Å². The Kier molecular flexibility index (Phi) is 2.56. The van der Waals surface area contributed by atoms with Crippen LogP contribution in [0.5, 0.6) is 0 Å². The third kappa shape index (κ3) is 4.86. The van der Waals surface area contributed by atoms with E-state index in [2.05, 4.69) is 29.8 Å². The van der Waals surface area contributed by atoms with Crippen molar-refractivity contribution in [2.24, 2.45) is 0 Å². The highest BCUT2D eigenvalue weighted by molar-refractivity contribution is 7.51. The van der Waals surface area contributed by atoms with Crippen molar-refractivity contribution in [1.82, 2.24) is 0 Å². The summed E-state index contributed by atoms with van der Waals surface area (Å²) in [4.78, 5) is 0.486. The molecule has 0 spiro atoms. The smallest absolute Gasteiger partial charge is 0.00372 e. The van der Waals surface area contributed by atoms with Gasteiger partial charge in [-0.1, -0.05) is 13.8 Å². The second kappa shape index (κ2) is 2.24. The third-order valence-electron chi connectivity index (χ3n) is 0.644. The molecule has 2 atom stereocenters. The first kappa shape index (κ1) is 6.86. The highest BCUT2D eigenvalue weighted by Crippen LogP contribution is 2.33. The molecule has 0 nitrogen and oxygen atoms in total. The van der Waals surface area contributed by atoms with Crippen LogP contribution >= 0.6 is 17.8 Å². The zero-order valence-corrected chi connectivity index (χ0v) is 6.73. The highest BCUT2D eigenvalue weighted by Gasteiger charge is 2.03. The van der Waals surface area contributed by atoms with Crippen LogP contribution in [0.3, 0.4) is 0 Å². The Labute approximate surface area is 44.1 Å². The molecule has 0 heterocycles. The predicted octanol–water partition coefficient (Wildman–Crippen LogP) is 1.91. The molecule has 0 bridgehead atoms. The lowest BCUT2D eigenvalue weighted by molar-refractivity contribution is 1.02. The molecule has 0 saturated heterocycles. The standard InChI is InChI=1S/C4H12P2/c1-4(2,5)6-3/h6H,5H2,1-3H3. The van der Waals surface area contributed by atoms with Crippen molar-refractivity contribution in [3.05, 3.63) is 0 Å². The van der Waals surface area contributed by atoms with E-state index in [0.717, 1.165) is 8.58 Å². The topological polar surface area (TPSA) is 0 Å². The van der Waals surface area contributed by atoms with Crippen LogP contribution in [0.15, 0.2) is 0 Å². The maximum absolute atomic E-state index is 2.80. The molecular weight excluding hydrogens is 110 g/mol. The average Bonchev–Trinajstić information content (AvgIpc) is 1.35. The van der Waals surface area contributed by atoms with Crippen molar-refractivity contribution >= 4 is 17.8 Å². The van der Waals surface area contributed by atoms with E-state index in [9.17, 15) is 0 Å². The van der Waals surface area contributed by atoms with Crippen molar-refractivity contribution in [2.45, 2.75) is 18.7 Å². The van der Waals surface area contributed by atoms with Crippen molar-refractivity contribution in [3.63, 3.8) is 0 Å². The van der Waals surface area contributed by atoms with Crippen LogP contribution in [-0.4, -0.2) is 11.6 Å². The zero-order valence-electron chi connectivity index (χ0n) is 4.58. The van der Waals surface area contributed by atoms with Crippen LogP contribution in [0.1, 0.15) is 13.8 Å². The molecule has 0 aromatic carbocycles. The maximum Gasteiger partial charge on any atom is -0.00372 e. The summed E-state index contributed by atoms with van der Waals surface area (Å²) >= 11 is 0. The first-order valence-corrected chi connectivity index (χ1v) is 4.12. The van der Waals surface area contributed by atoms with E-state index < -0.39 is 0 Å². The third-order valence-corrected chi connectivity index (χ3v) is 2.80. The molecule has 0 aliphatic carbocycles. The van der Waals surface area contributed by atoms with Gasteiger partial charge in [-0.3, -0.25) is 0 Å². The van der Waals surface area contributed by atoms with Crippen molar-refractivity contribution in [1.29, 1.82) is 0 Å². The van der Waals surface area contributed by atoms with Crippen molar-refractivity contribution in [3.8, 4) is 0 Å². The van der Waals surface area contributed by atoms with Gasteiger partial charge in [-0.2, -0.15) is 0 Å². The summed E-state index contributed by atoms with van der Waals surface area (Å²) in [5.41, 5.74) is 0. The van der Waals surface area contributed by atoms with Crippen LogP contribution in [-0.2, 0) is 0 Å². The quantitative estimate of drug-likeness (QED) is 0.466. The molecule has 38 valence electrons. The number of hydrogen-bond acceptors (Lipinski definition) is 0. The Hall–Kier alpha value is 0.860. The van der Waals surface area contributed by atoms with E-state index in [-0.39, 0.29) is 0 Å². The summed E-state index contributed by atoms with van der Waals surface area (Å²) in [6.45, 7) is 6.65. The minimum Gasteiger partial charge on any atom is -0.127 e. The molecular formula is C4H12P2. The normalized spacial score (nSPS) is 14.0. The van der Waals surface area contributed by atoms with Gasteiger partial charge in [-0.05, 0) is 11.6 Å². The summed E-state index contributed by atoms with van der Waals surface area (Å²) in [6, 6.07) is 0. The summed E-state index contributed by atoms with van der Waals surface area (Å²) in [7, 11) is 3.83. The molecule has 0 amide bonds. The highest BCUT2D eigenvalue weighted by atomic mass is 31.1. The summed E-state index contributed by atoms with van der Waals surface area (Å²) < 4.78 is 0. The van der Waals surface area contributed by atoms with Gasteiger partial charge in [-0.25, -0.2) is 0 Å². The van der Waals surface area contributed by atoms with Gasteiger partial charge in [0.1, 0.15) is 0 Å².